The normalized spacial score (nSPS) is 12.6. The van der Waals surface area contributed by atoms with E-state index in [2.05, 4.69) is 19.2 Å². The van der Waals surface area contributed by atoms with E-state index in [0.717, 1.165) is 36.5 Å². The Balaban J connectivity index is 2.39. The highest BCUT2D eigenvalue weighted by Crippen LogP contribution is 2.13. The van der Waals surface area contributed by atoms with E-state index < -0.39 is 0 Å². The fourth-order valence-corrected chi connectivity index (χ4v) is 1.93. The van der Waals surface area contributed by atoms with E-state index >= 15 is 0 Å². The molecule has 1 rings (SSSR count). The van der Waals surface area contributed by atoms with Gasteiger partial charge in [0.1, 0.15) is 0 Å². The molecule has 0 saturated heterocycles. The molecule has 0 aromatic heterocycles. The fraction of sp³-hybridized carbons (Fsp3) is 0.571. The third-order valence-corrected chi connectivity index (χ3v) is 2.84. The Bertz CT molecular complexity index is 317. The lowest BCUT2D eigenvalue weighted by molar-refractivity contribution is 0.0351. The number of hydrogen-bond donors (Lipinski definition) is 1. The number of likely N-dealkylation sites (N-methyl/N-ethyl adjacent to an activating group) is 1. The second kappa shape index (κ2) is 8.51. The molecule has 0 aliphatic heterocycles. The van der Waals surface area contributed by atoms with Gasteiger partial charge in [-0.2, -0.15) is 0 Å². The quantitative estimate of drug-likeness (QED) is 0.766. The van der Waals surface area contributed by atoms with E-state index in [1.807, 2.05) is 24.3 Å². The topological polar surface area (TPSA) is 21.3 Å². The molecule has 1 unspecified atom stereocenters. The standard InChI is InChI=1S/C14H22ClNO/c1-3-6-14(10-16-4-2)17-11-12-7-5-8-13(15)9-12/h5,7-9,14,16H,3-4,6,10-11H2,1-2H3. The number of nitrogens with one attached hydrogen (secondary N) is 1. The van der Waals surface area contributed by atoms with Crippen LogP contribution in [0, 0.1) is 0 Å². The number of hydrogen-bond acceptors (Lipinski definition) is 2. The molecule has 0 fully saturated rings. The highest BCUT2D eigenvalue weighted by Gasteiger charge is 2.07. The van der Waals surface area contributed by atoms with Crippen molar-refractivity contribution in [2.24, 2.45) is 0 Å². The Kier molecular flexibility index (Phi) is 7.25. The summed E-state index contributed by atoms with van der Waals surface area (Å²) in [6.45, 7) is 6.84. The molecule has 17 heavy (non-hydrogen) atoms. The van der Waals surface area contributed by atoms with Gasteiger partial charge >= 0.3 is 0 Å². The van der Waals surface area contributed by atoms with Gasteiger partial charge in [-0.05, 0) is 30.7 Å². The van der Waals surface area contributed by atoms with Gasteiger partial charge < -0.3 is 10.1 Å². The van der Waals surface area contributed by atoms with E-state index in [-0.39, 0.29) is 0 Å². The van der Waals surface area contributed by atoms with E-state index in [1.165, 1.54) is 0 Å². The van der Waals surface area contributed by atoms with Crippen molar-refractivity contribution in [1.82, 2.24) is 5.32 Å². The van der Waals surface area contributed by atoms with E-state index in [9.17, 15) is 0 Å². The van der Waals surface area contributed by atoms with E-state index in [4.69, 9.17) is 16.3 Å². The SMILES string of the molecule is CCCC(CNCC)OCc1cccc(Cl)c1. The summed E-state index contributed by atoms with van der Waals surface area (Å²) in [5.41, 5.74) is 1.13. The Morgan fingerprint density at radius 3 is 2.82 bits per heavy atom. The molecular weight excluding hydrogens is 234 g/mol. The van der Waals surface area contributed by atoms with Gasteiger partial charge in [0.15, 0.2) is 0 Å². The number of benzene rings is 1. The maximum Gasteiger partial charge on any atom is 0.0721 e. The average Bonchev–Trinajstić information content (AvgIpc) is 2.33. The molecule has 1 aromatic carbocycles. The summed E-state index contributed by atoms with van der Waals surface area (Å²) >= 11 is 5.94. The molecular formula is C14H22ClNO. The summed E-state index contributed by atoms with van der Waals surface area (Å²) in [7, 11) is 0. The molecule has 1 atom stereocenters. The van der Waals surface area contributed by atoms with Crippen molar-refractivity contribution in [2.45, 2.75) is 39.4 Å². The third-order valence-electron chi connectivity index (χ3n) is 2.61. The van der Waals surface area contributed by atoms with Gasteiger partial charge in [0.05, 0.1) is 12.7 Å². The molecule has 0 aliphatic carbocycles. The molecule has 0 spiro atoms. The smallest absolute Gasteiger partial charge is 0.0721 e. The van der Waals surface area contributed by atoms with Crippen LogP contribution in [0.1, 0.15) is 32.3 Å². The van der Waals surface area contributed by atoms with E-state index in [1.54, 1.807) is 0 Å². The second-order valence-electron chi connectivity index (χ2n) is 4.16. The van der Waals surface area contributed by atoms with Gasteiger partial charge in [0, 0.05) is 11.6 Å². The lowest BCUT2D eigenvalue weighted by Crippen LogP contribution is -2.28. The Labute approximate surface area is 109 Å². The van der Waals surface area contributed by atoms with Crippen LogP contribution >= 0.6 is 11.6 Å². The predicted molar refractivity (Wildman–Crippen MR) is 73.5 cm³/mol. The van der Waals surface area contributed by atoms with Crippen LogP contribution in [-0.2, 0) is 11.3 Å². The molecule has 0 amide bonds. The van der Waals surface area contributed by atoms with Crippen LogP contribution in [0.25, 0.3) is 0 Å². The van der Waals surface area contributed by atoms with Gasteiger partial charge in [-0.3, -0.25) is 0 Å². The minimum absolute atomic E-state index is 0.291. The molecule has 0 heterocycles. The van der Waals surface area contributed by atoms with Gasteiger partial charge in [-0.25, -0.2) is 0 Å². The first-order chi connectivity index (χ1) is 8.26. The number of ether oxygens (including phenoxy) is 1. The van der Waals surface area contributed by atoms with Crippen molar-refractivity contribution in [2.75, 3.05) is 13.1 Å². The highest BCUT2D eigenvalue weighted by molar-refractivity contribution is 6.30. The minimum Gasteiger partial charge on any atom is -0.372 e. The summed E-state index contributed by atoms with van der Waals surface area (Å²) in [6, 6.07) is 7.84. The average molecular weight is 256 g/mol. The van der Waals surface area contributed by atoms with Crippen molar-refractivity contribution in [3.05, 3.63) is 34.9 Å². The van der Waals surface area contributed by atoms with Gasteiger partial charge in [-0.15, -0.1) is 0 Å². The third kappa shape index (κ3) is 6.06. The summed E-state index contributed by atoms with van der Waals surface area (Å²) < 4.78 is 5.90. The van der Waals surface area contributed by atoms with Crippen LogP contribution < -0.4 is 5.32 Å². The molecule has 2 nitrogen and oxygen atoms in total. The lowest BCUT2D eigenvalue weighted by Gasteiger charge is -2.17. The van der Waals surface area contributed by atoms with Crippen LogP contribution in [0.3, 0.4) is 0 Å². The highest BCUT2D eigenvalue weighted by atomic mass is 35.5. The first kappa shape index (κ1) is 14.5. The summed E-state index contributed by atoms with van der Waals surface area (Å²) in [5, 5.41) is 4.10. The van der Waals surface area contributed by atoms with E-state index in [0.29, 0.717) is 12.7 Å². The molecule has 0 saturated carbocycles. The van der Waals surface area contributed by atoms with Crippen LogP contribution in [0.15, 0.2) is 24.3 Å². The largest absolute Gasteiger partial charge is 0.372 e. The zero-order valence-electron chi connectivity index (χ0n) is 10.7. The summed E-state index contributed by atoms with van der Waals surface area (Å²) in [4.78, 5) is 0. The Morgan fingerprint density at radius 1 is 1.35 bits per heavy atom. The van der Waals surface area contributed by atoms with Crippen molar-refractivity contribution < 1.29 is 4.74 Å². The monoisotopic (exact) mass is 255 g/mol. The zero-order valence-corrected chi connectivity index (χ0v) is 11.5. The van der Waals surface area contributed by atoms with Crippen molar-refractivity contribution in [3.63, 3.8) is 0 Å². The van der Waals surface area contributed by atoms with Gasteiger partial charge in [0.25, 0.3) is 0 Å². The molecule has 0 bridgehead atoms. The second-order valence-corrected chi connectivity index (χ2v) is 4.60. The maximum absolute atomic E-state index is 5.94. The van der Waals surface area contributed by atoms with Crippen LogP contribution in [0.5, 0.6) is 0 Å². The maximum atomic E-state index is 5.94. The van der Waals surface area contributed by atoms with Crippen LogP contribution in [0.2, 0.25) is 5.02 Å². The van der Waals surface area contributed by atoms with Gasteiger partial charge in [0.2, 0.25) is 0 Å². The minimum atomic E-state index is 0.291. The first-order valence-corrected chi connectivity index (χ1v) is 6.70. The number of rotatable bonds is 8. The van der Waals surface area contributed by atoms with Gasteiger partial charge in [-0.1, -0.05) is 44.0 Å². The van der Waals surface area contributed by atoms with Crippen molar-refractivity contribution in [1.29, 1.82) is 0 Å². The van der Waals surface area contributed by atoms with Crippen molar-refractivity contribution >= 4 is 11.6 Å². The molecule has 1 N–H and O–H groups in total. The predicted octanol–water partition coefficient (Wildman–Crippen LogP) is 3.63. The van der Waals surface area contributed by atoms with Crippen molar-refractivity contribution in [3.8, 4) is 0 Å². The van der Waals surface area contributed by atoms with Crippen LogP contribution in [-0.4, -0.2) is 19.2 Å². The molecule has 0 aliphatic rings. The van der Waals surface area contributed by atoms with Crippen LogP contribution in [0.4, 0.5) is 0 Å². The molecule has 1 aromatic rings. The first-order valence-electron chi connectivity index (χ1n) is 6.33. The summed E-state index contributed by atoms with van der Waals surface area (Å²) in [5.74, 6) is 0. The molecule has 0 radical (unpaired) electrons. The lowest BCUT2D eigenvalue weighted by atomic mass is 10.2. The Morgan fingerprint density at radius 2 is 2.18 bits per heavy atom. The molecule has 96 valence electrons. The summed E-state index contributed by atoms with van der Waals surface area (Å²) in [6.07, 6.45) is 2.53. The molecule has 3 heteroatoms. The number of halogens is 1. The fourth-order valence-electron chi connectivity index (χ4n) is 1.71. The zero-order chi connectivity index (χ0) is 12.5. The Hall–Kier alpha value is -0.570.